The maximum atomic E-state index is 12.1. The van der Waals surface area contributed by atoms with E-state index in [1.165, 1.54) is 0 Å². The molecule has 0 amide bonds. The lowest BCUT2D eigenvalue weighted by atomic mass is 9.89. The van der Waals surface area contributed by atoms with E-state index in [9.17, 15) is 8.78 Å². The van der Waals surface area contributed by atoms with Gasteiger partial charge in [0.2, 0.25) is 0 Å². The molecule has 1 aliphatic carbocycles. The first-order chi connectivity index (χ1) is 4.49. The van der Waals surface area contributed by atoms with Gasteiger partial charge in [-0.15, -0.1) is 0 Å². The first-order valence-corrected chi connectivity index (χ1v) is 2.96. The smallest absolute Gasteiger partial charge is 0.252 e. The van der Waals surface area contributed by atoms with Crippen molar-refractivity contribution >= 4 is 5.96 Å². The quantitative estimate of drug-likeness (QED) is 0.409. The second-order valence-corrected chi connectivity index (χ2v) is 2.47. The first-order valence-electron chi connectivity index (χ1n) is 2.96. The number of alkyl halides is 2. The Morgan fingerprint density at radius 2 is 1.90 bits per heavy atom. The van der Waals surface area contributed by atoms with Crippen LogP contribution in [0.1, 0.15) is 12.8 Å². The summed E-state index contributed by atoms with van der Waals surface area (Å²) in [5.74, 6) is -2.65. The molecule has 1 saturated carbocycles. The molecule has 1 fully saturated rings. The van der Waals surface area contributed by atoms with E-state index in [-0.39, 0.29) is 24.8 Å². The van der Waals surface area contributed by atoms with Gasteiger partial charge in [0.05, 0.1) is 6.04 Å². The van der Waals surface area contributed by atoms with Crippen LogP contribution in [0.25, 0.3) is 0 Å². The standard InChI is InChI=1S/C5H9F2N3/c6-5(7)1-3(2-5)10-4(8)9/h3H,1-2H2,(H4,8,9,10). The molecule has 0 bridgehead atoms. The Kier molecular flexibility index (Phi) is 1.50. The molecule has 0 radical (unpaired) electrons. The van der Waals surface area contributed by atoms with Gasteiger partial charge in [0.25, 0.3) is 5.92 Å². The van der Waals surface area contributed by atoms with Crippen LogP contribution in [0.5, 0.6) is 0 Å². The van der Waals surface area contributed by atoms with Crippen LogP contribution in [0.15, 0.2) is 4.99 Å². The van der Waals surface area contributed by atoms with Crippen LogP contribution in [0, 0.1) is 0 Å². The fourth-order valence-corrected chi connectivity index (χ4v) is 0.932. The Balaban J connectivity index is 2.34. The predicted octanol–water partition coefficient (Wildman–Crippen LogP) is 0.0575. The van der Waals surface area contributed by atoms with Crippen LogP contribution in [-0.4, -0.2) is 17.9 Å². The maximum Gasteiger partial charge on any atom is 0.252 e. The van der Waals surface area contributed by atoms with Crippen LogP contribution in [0.2, 0.25) is 0 Å². The van der Waals surface area contributed by atoms with E-state index < -0.39 is 5.92 Å². The lowest BCUT2D eigenvalue weighted by molar-refractivity contribution is -0.0834. The number of nitrogens with two attached hydrogens (primary N) is 2. The Bertz CT molecular complexity index is 154. The predicted molar refractivity (Wildman–Crippen MR) is 33.8 cm³/mol. The van der Waals surface area contributed by atoms with Crippen LogP contribution >= 0.6 is 0 Å². The summed E-state index contributed by atoms with van der Waals surface area (Å²) in [6.45, 7) is 0. The molecule has 0 atom stereocenters. The molecule has 0 aromatic rings. The number of hydrogen-bond acceptors (Lipinski definition) is 1. The van der Waals surface area contributed by atoms with Crippen molar-refractivity contribution in [1.29, 1.82) is 0 Å². The number of rotatable bonds is 1. The van der Waals surface area contributed by atoms with E-state index in [0.717, 1.165) is 0 Å². The zero-order valence-corrected chi connectivity index (χ0v) is 5.35. The highest BCUT2D eigenvalue weighted by Gasteiger charge is 2.45. The highest BCUT2D eigenvalue weighted by atomic mass is 19.3. The summed E-state index contributed by atoms with van der Waals surface area (Å²) in [6.07, 6.45) is -0.435. The lowest BCUT2D eigenvalue weighted by Crippen LogP contribution is -2.40. The van der Waals surface area contributed by atoms with Crippen molar-refractivity contribution in [2.75, 3.05) is 0 Å². The van der Waals surface area contributed by atoms with Crippen molar-refractivity contribution in [2.45, 2.75) is 24.8 Å². The van der Waals surface area contributed by atoms with Gasteiger partial charge in [-0.3, -0.25) is 0 Å². The Morgan fingerprint density at radius 3 is 2.20 bits per heavy atom. The zero-order valence-electron chi connectivity index (χ0n) is 5.35. The molecule has 5 heteroatoms. The largest absolute Gasteiger partial charge is 0.370 e. The maximum absolute atomic E-state index is 12.1. The van der Waals surface area contributed by atoms with E-state index in [0.29, 0.717) is 0 Å². The molecule has 10 heavy (non-hydrogen) atoms. The Labute approximate surface area is 57.1 Å². The molecule has 0 heterocycles. The van der Waals surface area contributed by atoms with Gasteiger partial charge in [-0.1, -0.05) is 0 Å². The summed E-state index contributed by atoms with van der Waals surface area (Å²) in [5.41, 5.74) is 9.95. The van der Waals surface area contributed by atoms with E-state index >= 15 is 0 Å². The zero-order chi connectivity index (χ0) is 7.78. The Hall–Kier alpha value is -0.870. The van der Waals surface area contributed by atoms with Crippen LogP contribution in [0.3, 0.4) is 0 Å². The van der Waals surface area contributed by atoms with Crippen LogP contribution in [0.4, 0.5) is 8.78 Å². The second-order valence-electron chi connectivity index (χ2n) is 2.47. The molecule has 0 unspecified atom stereocenters. The van der Waals surface area contributed by atoms with Crippen molar-refractivity contribution < 1.29 is 8.78 Å². The van der Waals surface area contributed by atoms with Crippen LogP contribution in [-0.2, 0) is 0 Å². The minimum Gasteiger partial charge on any atom is -0.370 e. The Morgan fingerprint density at radius 1 is 1.40 bits per heavy atom. The van der Waals surface area contributed by atoms with Crippen LogP contribution < -0.4 is 11.5 Å². The summed E-state index contributed by atoms with van der Waals surface area (Å²) in [4.78, 5) is 3.57. The molecule has 0 spiro atoms. The molecule has 3 nitrogen and oxygen atoms in total. The molecular weight excluding hydrogens is 140 g/mol. The highest BCUT2D eigenvalue weighted by molar-refractivity contribution is 5.75. The number of aliphatic imine (C=N–C) groups is 1. The van der Waals surface area contributed by atoms with Crippen molar-refractivity contribution in [3.05, 3.63) is 0 Å². The van der Waals surface area contributed by atoms with E-state index in [2.05, 4.69) is 4.99 Å². The minimum absolute atomic E-state index is 0.111. The number of guanidine groups is 1. The van der Waals surface area contributed by atoms with Gasteiger partial charge in [0.1, 0.15) is 0 Å². The fourth-order valence-electron chi connectivity index (χ4n) is 0.932. The summed E-state index contributed by atoms with van der Waals surface area (Å²) in [7, 11) is 0. The van der Waals surface area contributed by atoms with Gasteiger partial charge in [-0.25, -0.2) is 13.8 Å². The van der Waals surface area contributed by atoms with Gasteiger partial charge in [-0.05, 0) is 0 Å². The molecule has 0 aromatic carbocycles. The highest BCUT2D eigenvalue weighted by Crippen LogP contribution is 2.39. The third-order valence-electron chi connectivity index (χ3n) is 1.40. The van der Waals surface area contributed by atoms with Crippen molar-refractivity contribution in [1.82, 2.24) is 0 Å². The molecule has 0 aromatic heterocycles. The van der Waals surface area contributed by atoms with Crippen molar-refractivity contribution in [2.24, 2.45) is 16.5 Å². The third-order valence-corrected chi connectivity index (χ3v) is 1.40. The lowest BCUT2D eigenvalue weighted by Gasteiger charge is -2.31. The van der Waals surface area contributed by atoms with E-state index in [1.54, 1.807) is 0 Å². The van der Waals surface area contributed by atoms with Gasteiger partial charge in [-0.2, -0.15) is 0 Å². The number of nitrogens with zero attached hydrogens (tertiary/aromatic N) is 1. The summed E-state index contributed by atoms with van der Waals surface area (Å²) < 4.78 is 24.2. The SMILES string of the molecule is NC(N)=NC1CC(F)(F)C1. The fraction of sp³-hybridized carbons (Fsp3) is 0.800. The van der Waals surface area contributed by atoms with E-state index in [1.807, 2.05) is 0 Å². The number of hydrogen-bond donors (Lipinski definition) is 2. The summed E-state index contributed by atoms with van der Waals surface area (Å²) in [5, 5.41) is 0. The van der Waals surface area contributed by atoms with Gasteiger partial charge >= 0.3 is 0 Å². The van der Waals surface area contributed by atoms with Crippen molar-refractivity contribution in [3.8, 4) is 0 Å². The molecule has 1 rings (SSSR count). The average molecular weight is 149 g/mol. The molecular formula is C5H9F2N3. The topological polar surface area (TPSA) is 64.4 Å². The molecule has 1 aliphatic rings. The molecule has 0 aliphatic heterocycles. The van der Waals surface area contributed by atoms with Gasteiger partial charge in [0, 0.05) is 12.8 Å². The molecule has 58 valence electrons. The average Bonchev–Trinajstić information content (AvgIpc) is 1.57. The normalized spacial score (nSPS) is 23.4. The van der Waals surface area contributed by atoms with Gasteiger partial charge < -0.3 is 11.5 Å². The monoisotopic (exact) mass is 149 g/mol. The van der Waals surface area contributed by atoms with Gasteiger partial charge in [0.15, 0.2) is 5.96 Å². The summed E-state index contributed by atoms with van der Waals surface area (Å²) >= 11 is 0. The first kappa shape index (κ1) is 7.24. The molecule has 4 N–H and O–H groups in total. The van der Waals surface area contributed by atoms with E-state index in [4.69, 9.17) is 11.5 Å². The molecule has 0 saturated heterocycles. The summed E-state index contributed by atoms with van der Waals surface area (Å²) in [6, 6.07) is -0.361. The second kappa shape index (κ2) is 2.07. The third kappa shape index (κ3) is 1.55. The minimum atomic E-state index is -2.54. The number of halogens is 2. The van der Waals surface area contributed by atoms with Crippen molar-refractivity contribution in [3.63, 3.8) is 0 Å².